The van der Waals surface area contributed by atoms with E-state index in [1.807, 2.05) is 60.7 Å². The lowest BCUT2D eigenvalue weighted by Crippen LogP contribution is -2.21. The fourth-order valence-electron chi connectivity index (χ4n) is 3.57. The van der Waals surface area contributed by atoms with Gasteiger partial charge in [-0.25, -0.2) is 0 Å². The summed E-state index contributed by atoms with van der Waals surface area (Å²) in [7, 11) is 1.56. The van der Waals surface area contributed by atoms with Crippen molar-refractivity contribution in [3.8, 4) is 34.3 Å². The van der Waals surface area contributed by atoms with Crippen molar-refractivity contribution in [1.29, 1.82) is 5.26 Å². The standard InChI is InChI=1S/C28H22N2O5/c1-33-22-14-12-19(13-15-22)16-25(32)34-18-24(31)30-28-23(17-29)26(20-8-4-2-5-9-20)27(35-28)21-10-6-3-7-11-21/h2-15H,16,18H2,1H3,(H,30,31). The van der Waals surface area contributed by atoms with E-state index in [1.165, 1.54) is 0 Å². The van der Waals surface area contributed by atoms with Gasteiger partial charge in [-0.3, -0.25) is 14.9 Å². The highest BCUT2D eigenvalue weighted by Gasteiger charge is 2.24. The number of nitriles is 1. The molecule has 1 amide bonds. The molecule has 35 heavy (non-hydrogen) atoms. The number of nitrogens with one attached hydrogen (secondary N) is 1. The van der Waals surface area contributed by atoms with E-state index < -0.39 is 18.5 Å². The maximum Gasteiger partial charge on any atom is 0.310 e. The van der Waals surface area contributed by atoms with E-state index in [0.717, 1.165) is 16.7 Å². The number of carbonyl (C=O) groups is 2. The Morgan fingerprint density at radius 1 is 0.914 bits per heavy atom. The van der Waals surface area contributed by atoms with E-state index in [1.54, 1.807) is 31.4 Å². The van der Waals surface area contributed by atoms with Crippen molar-refractivity contribution in [3.63, 3.8) is 0 Å². The highest BCUT2D eigenvalue weighted by molar-refractivity contribution is 5.96. The van der Waals surface area contributed by atoms with Crippen LogP contribution >= 0.6 is 0 Å². The van der Waals surface area contributed by atoms with Crippen LogP contribution in [0.15, 0.2) is 89.3 Å². The first-order valence-electron chi connectivity index (χ1n) is 10.8. The van der Waals surface area contributed by atoms with Gasteiger partial charge in [0.1, 0.15) is 23.1 Å². The number of nitrogens with zero attached hydrogens (tertiary/aromatic N) is 1. The molecule has 0 saturated heterocycles. The summed E-state index contributed by atoms with van der Waals surface area (Å²) in [6.07, 6.45) is 0.0117. The Morgan fingerprint density at radius 3 is 2.14 bits per heavy atom. The van der Waals surface area contributed by atoms with Crippen LogP contribution in [0.4, 0.5) is 5.88 Å². The van der Waals surface area contributed by atoms with Gasteiger partial charge in [-0.1, -0.05) is 72.8 Å². The summed E-state index contributed by atoms with van der Waals surface area (Å²) in [5.41, 5.74) is 3.03. The van der Waals surface area contributed by atoms with Crippen LogP contribution in [0.2, 0.25) is 0 Å². The van der Waals surface area contributed by atoms with Gasteiger partial charge in [0.25, 0.3) is 5.91 Å². The molecule has 0 atom stereocenters. The maximum absolute atomic E-state index is 12.5. The Bertz CT molecular complexity index is 1350. The number of rotatable bonds is 8. The highest BCUT2D eigenvalue weighted by atomic mass is 16.5. The molecule has 7 nitrogen and oxygen atoms in total. The third kappa shape index (κ3) is 5.57. The van der Waals surface area contributed by atoms with Gasteiger partial charge in [0.05, 0.1) is 13.5 Å². The van der Waals surface area contributed by atoms with Crippen LogP contribution in [0.5, 0.6) is 5.75 Å². The molecule has 1 N–H and O–H groups in total. The molecule has 0 radical (unpaired) electrons. The molecule has 7 heteroatoms. The number of methoxy groups -OCH3 is 1. The zero-order chi connectivity index (χ0) is 24.6. The number of esters is 1. The molecule has 3 aromatic carbocycles. The number of furan rings is 1. The van der Waals surface area contributed by atoms with Gasteiger partial charge < -0.3 is 13.9 Å². The Kier molecular flexibility index (Phi) is 7.24. The number of anilines is 1. The van der Waals surface area contributed by atoms with E-state index in [9.17, 15) is 14.9 Å². The number of benzene rings is 3. The number of carbonyl (C=O) groups excluding carboxylic acids is 2. The minimum atomic E-state index is -0.613. The Morgan fingerprint density at radius 2 is 1.54 bits per heavy atom. The zero-order valence-electron chi connectivity index (χ0n) is 19.0. The van der Waals surface area contributed by atoms with Crippen LogP contribution < -0.4 is 10.1 Å². The van der Waals surface area contributed by atoms with Gasteiger partial charge in [0, 0.05) is 11.1 Å². The molecule has 4 rings (SSSR count). The third-order valence-electron chi connectivity index (χ3n) is 5.24. The molecule has 0 fully saturated rings. The fourth-order valence-corrected chi connectivity index (χ4v) is 3.57. The first-order chi connectivity index (χ1) is 17.1. The molecular weight excluding hydrogens is 444 g/mol. The van der Waals surface area contributed by atoms with E-state index in [2.05, 4.69) is 11.4 Å². The van der Waals surface area contributed by atoms with Crippen molar-refractivity contribution in [2.45, 2.75) is 6.42 Å². The molecule has 0 spiro atoms. The monoisotopic (exact) mass is 466 g/mol. The largest absolute Gasteiger partial charge is 0.497 e. The van der Waals surface area contributed by atoms with E-state index in [0.29, 0.717) is 17.1 Å². The normalized spacial score (nSPS) is 10.3. The van der Waals surface area contributed by atoms with Gasteiger partial charge in [-0.05, 0) is 23.3 Å². The van der Waals surface area contributed by atoms with Crippen LogP contribution in [0, 0.1) is 11.3 Å². The Labute approximate surface area is 202 Å². The minimum absolute atomic E-state index is 0.00131. The fraction of sp³-hybridized carbons (Fsp3) is 0.107. The summed E-state index contributed by atoms with van der Waals surface area (Å²) in [6, 6.07) is 27.8. The van der Waals surface area contributed by atoms with Crippen molar-refractivity contribution >= 4 is 17.8 Å². The molecule has 0 aliphatic rings. The molecule has 0 saturated carbocycles. The summed E-state index contributed by atoms with van der Waals surface area (Å²) >= 11 is 0. The van der Waals surface area contributed by atoms with Crippen molar-refractivity contribution < 1.29 is 23.5 Å². The maximum atomic E-state index is 12.5. The smallest absolute Gasteiger partial charge is 0.310 e. The Hall–Kier alpha value is -4.83. The van der Waals surface area contributed by atoms with Gasteiger partial charge in [-0.15, -0.1) is 0 Å². The zero-order valence-corrected chi connectivity index (χ0v) is 19.0. The lowest BCUT2D eigenvalue weighted by Gasteiger charge is -2.06. The van der Waals surface area contributed by atoms with Crippen LogP contribution in [-0.4, -0.2) is 25.6 Å². The average molecular weight is 466 g/mol. The number of amides is 1. The quantitative estimate of drug-likeness (QED) is 0.357. The van der Waals surface area contributed by atoms with Gasteiger partial charge >= 0.3 is 5.97 Å². The molecular formula is C28H22N2O5. The van der Waals surface area contributed by atoms with Crippen LogP contribution in [0.25, 0.3) is 22.5 Å². The molecule has 4 aromatic rings. The van der Waals surface area contributed by atoms with E-state index in [-0.39, 0.29) is 17.9 Å². The molecule has 0 unspecified atom stereocenters. The second kappa shape index (κ2) is 10.9. The number of ether oxygens (including phenoxy) is 2. The lowest BCUT2D eigenvalue weighted by molar-refractivity contribution is -0.146. The van der Waals surface area contributed by atoms with Gasteiger partial charge in [0.15, 0.2) is 6.61 Å². The highest BCUT2D eigenvalue weighted by Crippen LogP contribution is 2.41. The van der Waals surface area contributed by atoms with Crippen molar-refractivity contribution in [1.82, 2.24) is 0 Å². The molecule has 174 valence electrons. The van der Waals surface area contributed by atoms with Gasteiger partial charge in [0.2, 0.25) is 5.88 Å². The summed E-state index contributed by atoms with van der Waals surface area (Å²) in [4.78, 5) is 24.7. The first-order valence-corrected chi connectivity index (χ1v) is 10.8. The number of hydrogen-bond acceptors (Lipinski definition) is 6. The van der Waals surface area contributed by atoms with Crippen molar-refractivity contribution in [2.24, 2.45) is 0 Å². The average Bonchev–Trinajstić information content (AvgIpc) is 3.27. The van der Waals surface area contributed by atoms with Crippen LogP contribution in [-0.2, 0) is 20.7 Å². The molecule has 0 aliphatic heterocycles. The predicted molar refractivity (Wildman–Crippen MR) is 131 cm³/mol. The summed E-state index contributed by atoms with van der Waals surface area (Å²) in [5, 5.41) is 12.5. The minimum Gasteiger partial charge on any atom is -0.497 e. The summed E-state index contributed by atoms with van der Waals surface area (Å²) in [5.74, 6) is -0.0303. The third-order valence-corrected chi connectivity index (χ3v) is 5.24. The van der Waals surface area contributed by atoms with Crippen LogP contribution in [0.1, 0.15) is 11.1 Å². The Balaban J connectivity index is 1.50. The summed E-state index contributed by atoms with van der Waals surface area (Å²) in [6.45, 7) is -0.512. The molecule has 0 bridgehead atoms. The van der Waals surface area contributed by atoms with E-state index >= 15 is 0 Å². The van der Waals surface area contributed by atoms with Crippen LogP contribution in [0.3, 0.4) is 0 Å². The van der Waals surface area contributed by atoms with E-state index in [4.69, 9.17) is 13.9 Å². The van der Waals surface area contributed by atoms with Crippen molar-refractivity contribution in [3.05, 3.63) is 96.1 Å². The molecule has 1 aromatic heterocycles. The topological polar surface area (TPSA) is 102 Å². The second-order valence-corrected chi connectivity index (χ2v) is 7.59. The molecule has 1 heterocycles. The second-order valence-electron chi connectivity index (χ2n) is 7.59. The molecule has 0 aliphatic carbocycles. The van der Waals surface area contributed by atoms with Gasteiger partial charge in [-0.2, -0.15) is 5.26 Å². The number of hydrogen-bond donors (Lipinski definition) is 1. The summed E-state index contributed by atoms with van der Waals surface area (Å²) < 4.78 is 16.2. The SMILES string of the molecule is COc1ccc(CC(=O)OCC(=O)Nc2oc(-c3ccccc3)c(-c3ccccc3)c2C#N)cc1. The predicted octanol–water partition coefficient (Wildman–Crippen LogP) is 5.22. The lowest BCUT2D eigenvalue weighted by atomic mass is 9.98. The first kappa shape index (κ1) is 23.3. The van der Waals surface area contributed by atoms with Crippen molar-refractivity contribution in [2.75, 3.05) is 19.0 Å².